The number of hydrogen-bond acceptors (Lipinski definition) is 4. The van der Waals surface area contributed by atoms with Crippen LogP contribution in [0.4, 0.5) is 4.39 Å². The van der Waals surface area contributed by atoms with Gasteiger partial charge in [-0.1, -0.05) is 12.1 Å². The van der Waals surface area contributed by atoms with Crippen molar-refractivity contribution in [1.29, 1.82) is 0 Å². The molecule has 7 heteroatoms. The van der Waals surface area contributed by atoms with E-state index >= 15 is 0 Å². The molecule has 0 amide bonds. The molecule has 0 bridgehead atoms. The monoisotopic (exact) mass is 296 g/mol. The topological polar surface area (TPSA) is 76.7 Å². The maximum Gasteiger partial charge on any atom is 0.343 e. The lowest BCUT2D eigenvalue weighted by atomic mass is 10.1. The van der Waals surface area contributed by atoms with Crippen LogP contribution in [0.25, 0.3) is 0 Å². The molecule has 0 spiro atoms. The largest absolute Gasteiger partial charge is 0.343 e. The highest BCUT2D eigenvalue weighted by atomic mass is 32.2. The van der Waals surface area contributed by atoms with Gasteiger partial charge in [0.05, 0.1) is 4.90 Å². The summed E-state index contributed by atoms with van der Waals surface area (Å²) in [7, 11) is 0. The molecule has 0 saturated heterocycles. The average molecular weight is 296 g/mol. The Morgan fingerprint density at radius 2 is 2.30 bits per heavy atom. The predicted molar refractivity (Wildman–Crippen MR) is 76.4 cm³/mol. The Labute approximate surface area is 120 Å². The minimum absolute atomic E-state index is 0.0660. The number of aromatic nitrogens is 3. The Balaban J connectivity index is 2.39. The number of benzene rings is 1. The van der Waals surface area contributed by atoms with Crippen molar-refractivity contribution in [2.75, 3.05) is 0 Å². The molecule has 3 N–H and O–H groups in total. The van der Waals surface area contributed by atoms with Crippen LogP contribution in [0.15, 0.2) is 33.0 Å². The van der Waals surface area contributed by atoms with Crippen molar-refractivity contribution >= 4 is 11.8 Å². The number of rotatable bonds is 5. The van der Waals surface area contributed by atoms with Crippen LogP contribution >= 0.6 is 11.8 Å². The zero-order valence-electron chi connectivity index (χ0n) is 11.4. The molecular weight excluding hydrogens is 279 g/mol. The Hall–Kier alpha value is -1.60. The van der Waals surface area contributed by atoms with Crippen molar-refractivity contribution < 1.29 is 4.39 Å². The summed E-state index contributed by atoms with van der Waals surface area (Å²) in [5.74, 6) is -0.328. The van der Waals surface area contributed by atoms with Crippen LogP contribution in [0.3, 0.4) is 0 Å². The number of nitrogens with two attached hydrogens (primary N) is 1. The Bertz CT molecular complexity index is 650. The summed E-state index contributed by atoms with van der Waals surface area (Å²) in [6.07, 6.45) is 0.570. The molecule has 0 saturated carbocycles. The van der Waals surface area contributed by atoms with Crippen LogP contribution < -0.4 is 11.4 Å². The lowest BCUT2D eigenvalue weighted by Crippen LogP contribution is -2.18. The second-order valence-corrected chi connectivity index (χ2v) is 5.54. The molecule has 1 aromatic heterocycles. The van der Waals surface area contributed by atoms with Crippen LogP contribution in [0.5, 0.6) is 0 Å². The first-order chi connectivity index (χ1) is 9.52. The van der Waals surface area contributed by atoms with E-state index in [1.165, 1.54) is 10.6 Å². The summed E-state index contributed by atoms with van der Waals surface area (Å²) < 4.78 is 15.5. The molecule has 1 unspecified atom stereocenters. The van der Waals surface area contributed by atoms with Crippen LogP contribution in [0, 0.1) is 5.82 Å². The third kappa shape index (κ3) is 3.10. The van der Waals surface area contributed by atoms with Crippen LogP contribution in [0.1, 0.15) is 19.4 Å². The van der Waals surface area contributed by atoms with Crippen molar-refractivity contribution in [2.24, 2.45) is 5.73 Å². The number of nitrogens with one attached hydrogen (secondary N) is 1. The van der Waals surface area contributed by atoms with Crippen molar-refractivity contribution in [3.8, 4) is 0 Å². The fourth-order valence-corrected chi connectivity index (χ4v) is 2.97. The van der Waals surface area contributed by atoms with E-state index in [2.05, 4.69) is 10.2 Å². The van der Waals surface area contributed by atoms with Gasteiger partial charge in [-0.2, -0.15) is 0 Å². The zero-order chi connectivity index (χ0) is 14.7. The first-order valence-corrected chi connectivity index (χ1v) is 7.20. The normalized spacial score (nSPS) is 12.6. The maximum atomic E-state index is 14.0. The van der Waals surface area contributed by atoms with E-state index in [9.17, 15) is 9.18 Å². The number of hydrogen-bond donors (Lipinski definition) is 2. The smallest absolute Gasteiger partial charge is 0.328 e. The molecule has 2 rings (SSSR count). The number of nitrogens with zero attached hydrogens (tertiary/aromatic N) is 2. The highest BCUT2D eigenvalue weighted by molar-refractivity contribution is 7.99. The molecule has 1 atom stereocenters. The molecular formula is C13H17FN4OS. The molecule has 0 aliphatic carbocycles. The van der Waals surface area contributed by atoms with Gasteiger partial charge in [0.25, 0.3) is 0 Å². The third-order valence-corrected chi connectivity index (χ3v) is 3.98. The highest BCUT2D eigenvalue weighted by Crippen LogP contribution is 2.31. The summed E-state index contributed by atoms with van der Waals surface area (Å²) in [6, 6.07) is 4.84. The summed E-state index contributed by atoms with van der Waals surface area (Å²) in [5.41, 5.74) is 6.32. The van der Waals surface area contributed by atoms with Gasteiger partial charge in [-0.3, -0.25) is 4.57 Å². The summed E-state index contributed by atoms with van der Waals surface area (Å²) in [6.45, 7) is 4.19. The van der Waals surface area contributed by atoms with Crippen LogP contribution in [-0.2, 0) is 13.0 Å². The van der Waals surface area contributed by atoms with E-state index in [0.29, 0.717) is 23.0 Å². The van der Waals surface area contributed by atoms with Gasteiger partial charge in [0.2, 0.25) is 0 Å². The Morgan fingerprint density at radius 1 is 1.55 bits per heavy atom. The van der Waals surface area contributed by atoms with Gasteiger partial charge in [-0.25, -0.2) is 14.3 Å². The minimum Gasteiger partial charge on any atom is -0.328 e. The van der Waals surface area contributed by atoms with Gasteiger partial charge < -0.3 is 5.73 Å². The molecule has 0 fully saturated rings. The van der Waals surface area contributed by atoms with Gasteiger partial charge in [0, 0.05) is 12.6 Å². The standard InChI is InChI=1S/C13H17FN4OS/c1-3-18-12(19)16-17-13(18)20-11-9(7-8(2)15)5-4-6-10(11)14/h4-6,8H,3,7,15H2,1-2H3,(H,16,19). The van der Waals surface area contributed by atoms with Crippen molar-refractivity contribution in [2.45, 2.75) is 42.9 Å². The van der Waals surface area contributed by atoms with E-state index in [0.717, 1.165) is 17.3 Å². The second-order valence-electron chi connectivity index (χ2n) is 4.57. The second kappa shape index (κ2) is 6.23. The first-order valence-electron chi connectivity index (χ1n) is 6.39. The highest BCUT2D eigenvalue weighted by Gasteiger charge is 2.15. The van der Waals surface area contributed by atoms with Gasteiger partial charge in [0.1, 0.15) is 5.82 Å². The lowest BCUT2D eigenvalue weighted by Gasteiger charge is -2.11. The zero-order valence-corrected chi connectivity index (χ0v) is 12.2. The third-order valence-electron chi connectivity index (χ3n) is 2.82. The lowest BCUT2D eigenvalue weighted by molar-refractivity contribution is 0.591. The Morgan fingerprint density at radius 3 is 2.95 bits per heavy atom. The number of halogens is 1. The molecule has 20 heavy (non-hydrogen) atoms. The van der Waals surface area contributed by atoms with Gasteiger partial charge in [-0.05, 0) is 43.7 Å². The van der Waals surface area contributed by atoms with Gasteiger partial charge in [-0.15, -0.1) is 5.10 Å². The van der Waals surface area contributed by atoms with Crippen molar-refractivity contribution in [3.63, 3.8) is 0 Å². The molecule has 1 heterocycles. The van der Waals surface area contributed by atoms with Gasteiger partial charge >= 0.3 is 5.69 Å². The molecule has 0 aliphatic heterocycles. The summed E-state index contributed by atoms with van der Waals surface area (Å²) >= 11 is 1.14. The van der Waals surface area contributed by atoms with Crippen LogP contribution in [-0.4, -0.2) is 20.8 Å². The number of aromatic amines is 1. The predicted octanol–water partition coefficient (Wildman–Crippen LogP) is 1.77. The molecule has 5 nitrogen and oxygen atoms in total. The van der Waals surface area contributed by atoms with E-state index in [1.54, 1.807) is 6.07 Å². The van der Waals surface area contributed by atoms with Crippen molar-refractivity contribution in [1.82, 2.24) is 14.8 Å². The molecule has 0 aliphatic rings. The summed E-state index contributed by atoms with van der Waals surface area (Å²) in [5, 5.41) is 6.76. The fourth-order valence-electron chi connectivity index (χ4n) is 1.93. The van der Waals surface area contributed by atoms with E-state index in [1.807, 2.05) is 19.9 Å². The van der Waals surface area contributed by atoms with E-state index in [-0.39, 0.29) is 17.5 Å². The van der Waals surface area contributed by atoms with Crippen molar-refractivity contribution in [3.05, 3.63) is 40.1 Å². The molecule has 1 aromatic carbocycles. The SMILES string of the molecule is CCn1c(Sc2c(F)cccc2CC(C)N)n[nH]c1=O. The first kappa shape index (κ1) is 14.8. The Kier molecular flexibility index (Phi) is 4.61. The summed E-state index contributed by atoms with van der Waals surface area (Å²) in [4.78, 5) is 12.0. The maximum absolute atomic E-state index is 14.0. The minimum atomic E-state index is -0.328. The average Bonchev–Trinajstić information content (AvgIpc) is 2.73. The van der Waals surface area contributed by atoms with Crippen LogP contribution in [0.2, 0.25) is 0 Å². The number of H-pyrrole nitrogens is 1. The molecule has 2 aromatic rings. The molecule has 108 valence electrons. The molecule has 0 radical (unpaired) electrons. The van der Waals surface area contributed by atoms with Gasteiger partial charge in [0.15, 0.2) is 5.16 Å². The van der Waals surface area contributed by atoms with E-state index in [4.69, 9.17) is 5.73 Å². The fraction of sp³-hybridized carbons (Fsp3) is 0.385. The van der Waals surface area contributed by atoms with E-state index < -0.39 is 0 Å². The quantitative estimate of drug-likeness (QED) is 0.881.